The summed E-state index contributed by atoms with van der Waals surface area (Å²) in [5.41, 5.74) is 0.122. The molecule has 3 atom stereocenters. The minimum atomic E-state index is -3.69. The number of hydrogen-bond acceptors (Lipinski definition) is 4. The molecule has 0 aromatic heterocycles. The summed E-state index contributed by atoms with van der Waals surface area (Å²) in [7, 11) is -3.69. The van der Waals surface area contributed by atoms with Crippen molar-refractivity contribution < 1.29 is 17.9 Å². The van der Waals surface area contributed by atoms with E-state index >= 15 is 0 Å². The lowest BCUT2D eigenvalue weighted by Gasteiger charge is -2.32. The van der Waals surface area contributed by atoms with Crippen LogP contribution in [0.2, 0.25) is 5.02 Å². The highest BCUT2D eigenvalue weighted by molar-refractivity contribution is 9.10. The molecule has 8 heteroatoms. The Balaban J connectivity index is 1.54. The van der Waals surface area contributed by atoms with Gasteiger partial charge in [0.15, 0.2) is 0 Å². The Bertz CT molecular complexity index is 1080. The van der Waals surface area contributed by atoms with Crippen LogP contribution in [0.4, 0.5) is 0 Å². The SMILES string of the molecule is CC(C)[C@]12CC[C@@](C)(O1)[C@H](Oc1cccc(Cl)c1CNS(=O)(=O)c1ccc(Br)cc1)C2. The molecule has 2 aromatic rings. The maximum Gasteiger partial charge on any atom is 0.240 e. The third kappa shape index (κ3) is 4.40. The van der Waals surface area contributed by atoms with Crippen LogP contribution in [-0.4, -0.2) is 25.7 Å². The van der Waals surface area contributed by atoms with Crippen LogP contribution >= 0.6 is 27.5 Å². The number of halogens is 2. The molecule has 2 saturated heterocycles. The van der Waals surface area contributed by atoms with Crippen molar-refractivity contribution >= 4 is 37.6 Å². The molecule has 4 rings (SSSR count). The van der Waals surface area contributed by atoms with Crippen molar-refractivity contribution in [3.63, 3.8) is 0 Å². The maximum atomic E-state index is 12.7. The molecule has 2 aromatic carbocycles. The van der Waals surface area contributed by atoms with Crippen LogP contribution in [0.1, 0.15) is 45.6 Å². The summed E-state index contributed by atoms with van der Waals surface area (Å²) in [4.78, 5) is 0.193. The summed E-state index contributed by atoms with van der Waals surface area (Å²) in [5.74, 6) is 0.992. The topological polar surface area (TPSA) is 64.6 Å². The van der Waals surface area contributed by atoms with Crippen LogP contribution in [0.3, 0.4) is 0 Å². The van der Waals surface area contributed by atoms with E-state index in [0.29, 0.717) is 22.3 Å². The highest BCUT2D eigenvalue weighted by Gasteiger charge is 2.61. The predicted molar refractivity (Wildman–Crippen MR) is 125 cm³/mol. The van der Waals surface area contributed by atoms with Crippen LogP contribution in [0.15, 0.2) is 51.8 Å². The van der Waals surface area contributed by atoms with E-state index in [2.05, 4.69) is 41.4 Å². The molecule has 2 fully saturated rings. The predicted octanol–water partition coefficient (Wildman–Crippen LogP) is 5.70. The Hall–Kier alpha value is -1.12. The van der Waals surface area contributed by atoms with Crippen molar-refractivity contribution in [2.24, 2.45) is 5.92 Å². The Morgan fingerprint density at radius 3 is 2.58 bits per heavy atom. The number of rotatable bonds is 7. The van der Waals surface area contributed by atoms with E-state index in [1.807, 2.05) is 12.1 Å². The normalized spacial score (nSPS) is 27.7. The molecule has 0 saturated carbocycles. The van der Waals surface area contributed by atoms with Crippen LogP contribution in [0, 0.1) is 5.92 Å². The summed E-state index contributed by atoms with van der Waals surface area (Å²) in [6, 6.07) is 11.9. The third-order valence-corrected chi connectivity index (χ3v) is 8.95. The Labute approximate surface area is 197 Å². The van der Waals surface area contributed by atoms with Crippen LogP contribution < -0.4 is 9.46 Å². The molecule has 0 amide bonds. The van der Waals surface area contributed by atoms with Crippen LogP contribution in [0.5, 0.6) is 5.75 Å². The van der Waals surface area contributed by atoms with E-state index in [9.17, 15) is 8.42 Å². The van der Waals surface area contributed by atoms with Crippen molar-refractivity contribution in [2.45, 2.75) is 68.8 Å². The molecule has 0 aliphatic carbocycles. The molecule has 1 N–H and O–H groups in total. The monoisotopic (exact) mass is 527 g/mol. The van der Waals surface area contributed by atoms with Crippen molar-refractivity contribution in [3.05, 3.63) is 57.5 Å². The second-order valence-electron chi connectivity index (χ2n) is 8.94. The first kappa shape index (κ1) is 23.1. The molecule has 5 nitrogen and oxygen atoms in total. The van der Waals surface area contributed by atoms with Gasteiger partial charge in [-0.1, -0.05) is 47.4 Å². The number of benzene rings is 2. The number of nitrogens with one attached hydrogen (secondary N) is 1. The van der Waals surface area contributed by atoms with Gasteiger partial charge in [0.05, 0.1) is 10.5 Å². The van der Waals surface area contributed by atoms with Gasteiger partial charge >= 0.3 is 0 Å². The average Bonchev–Trinajstić information content (AvgIpc) is 3.20. The lowest BCUT2D eigenvalue weighted by atomic mass is 9.75. The van der Waals surface area contributed by atoms with Crippen LogP contribution in [-0.2, 0) is 21.3 Å². The number of fused-ring (bicyclic) bond motifs is 2. The standard InChI is InChI=1S/C23H27BrClNO4S/c1-15(2)23-12-11-22(3,30-23)21(13-23)29-20-6-4-5-19(25)18(20)14-26-31(27,28)17-9-7-16(24)8-10-17/h4-10,15,21,26H,11-14H2,1-3H3/t21-,22-,23-/m1/s1. The van der Waals surface area contributed by atoms with Gasteiger partial charge in [0, 0.05) is 28.0 Å². The third-order valence-electron chi connectivity index (χ3n) is 6.65. The number of hydrogen-bond donors (Lipinski definition) is 1. The molecule has 168 valence electrons. The molecule has 0 unspecified atom stereocenters. The summed E-state index contributed by atoms with van der Waals surface area (Å²) in [6.07, 6.45) is 2.69. The molecular weight excluding hydrogens is 502 g/mol. The zero-order chi connectivity index (χ0) is 22.4. The van der Waals surface area contributed by atoms with E-state index in [1.165, 1.54) is 0 Å². The first-order valence-corrected chi connectivity index (χ1v) is 13.1. The van der Waals surface area contributed by atoms with Gasteiger partial charge in [-0.15, -0.1) is 0 Å². The molecule has 2 heterocycles. The fourth-order valence-electron chi connectivity index (χ4n) is 4.57. The fourth-order valence-corrected chi connectivity index (χ4v) is 6.07. The Morgan fingerprint density at radius 1 is 1.23 bits per heavy atom. The Kier molecular flexibility index (Phi) is 6.20. The van der Waals surface area contributed by atoms with Crippen molar-refractivity contribution in [3.8, 4) is 5.75 Å². The van der Waals surface area contributed by atoms with Gasteiger partial charge in [0.1, 0.15) is 17.5 Å². The van der Waals surface area contributed by atoms with E-state index in [-0.39, 0.29) is 28.7 Å². The van der Waals surface area contributed by atoms with E-state index in [0.717, 1.165) is 23.7 Å². The average molecular weight is 529 g/mol. The molecule has 0 spiro atoms. The van der Waals surface area contributed by atoms with Crippen molar-refractivity contribution in [1.82, 2.24) is 4.72 Å². The number of sulfonamides is 1. The molecular formula is C23H27BrClNO4S. The highest BCUT2D eigenvalue weighted by Crippen LogP contribution is 2.55. The summed E-state index contributed by atoms with van der Waals surface area (Å²) < 4.78 is 41.8. The van der Waals surface area contributed by atoms with Gasteiger partial charge in [0.25, 0.3) is 0 Å². The smallest absolute Gasteiger partial charge is 0.240 e. The second kappa shape index (κ2) is 8.34. The van der Waals surface area contributed by atoms with Gasteiger partial charge in [-0.2, -0.15) is 0 Å². The van der Waals surface area contributed by atoms with Crippen molar-refractivity contribution in [2.75, 3.05) is 0 Å². The quantitative estimate of drug-likeness (QED) is 0.501. The molecule has 2 bridgehead atoms. The van der Waals surface area contributed by atoms with Gasteiger partial charge < -0.3 is 9.47 Å². The second-order valence-corrected chi connectivity index (χ2v) is 12.0. The zero-order valence-electron chi connectivity index (χ0n) is 17.8. The van der Waals surface area contributed by atoms with E-state index < -0.39 is 10.0 Å². The first-order chi connectivity index (χ1) is 14.5. The van der Waals surface area contributed by atoms with Gasteiger partial charge in [-0.3, -0.25) is 0 Å². The largest absolute Gasteiger partial charge is 0.487 e. The lowest BCUT2D eigenvalue weighted by molar-refractivity contribution is -0.0770. The fraction of sp³-hybridized carbons (Fsp3) is 0.478. The van der Waals surface area contributed by atoms with E-state index in [4.69, 9.17) is 21.1 Å². The molecule has 2 aliphatic heterocycles. The zero-order valence-corrected chi connectivity index (χ0v) is 21.0. The van der Waals surface area contributed by atoms with Gasteiger partial charge in [0.2, 0.25) is 10.0 Å². The highest BCUT2D eigenvalue weighted by atomic mass is 79.9. The van der Waals surface area contributed by atoms with E-state index in [1.54, 1.807) is 30.3 Å². The Morgan fingerprint density at radius 2 is 1.94 bits per heavy atom. The van der Waals surface area contributed by atoms with Crippen molar-refractivity contribution in [1.29, 1.82) is 0 Å². The van der Waals surface area contributed by atoms with Crippen LogP contribution in [0.25, 0.3) is 0 Å². The molecule has 31 heavy (non-hydrogen) atoms. The van der Waals surface area contributed by atoms with Gasteiger partial charge in [-0.05, 0) is 62.1 Å². The molecule has 0 radical (unpaired) electrons. The maximum absolute atomic E-state index is 12.7. The summed E-state index contributed by atoms with van der Waals surface area (Å²) in [5, 5.41) is 0.462. The lowest BCUT2D eigenvalue weighted by Crippen LogP contribution is -2.40. The first-order valence-electron chi connectivity index (χ1n) is 10.4. The minimum absolute atomic E-state index is 0.0347. The minimum Gasteiger partial charge on any atom is -0.487 e. The molecule has 2 aliphatic rings. The summed E-state index contributed by atoms with van der Waals surface area (Å²) >= 11 is 9.77. The summed E-state index contributed by atoms with van der Waals surface area (Å²) in [6.45, 7) is 6.52. The van der Waals surface area contributed by atoms with Gasteiger partial charge in [-0.25, -0.2) is 13.1 Å². The number of ether oxygens (including phenoxy) is 2.